The predicted molar refractivity (Wildman–Crippen MR) is 61.9 cm³/mol. The molecule has 0 aromatic rings. The standard InChI is InChI=1S/C12H20N2O3/c1-3-6-13-7-4-12(5-8-13)9-10(15)14(17-2)11(12)16/h3-9H2,1-2H3. The minimum absolute atomic E-state index is 0.138. The first-order chi connectivity index (χ1) is 8.13. The van der Waals surface area contributed by atoms with Gasteiger partial charge in [0.15, 0.2) is 0 Å². The lowest BCUT2D eigenvalue weighted by Gasteiger charge is -2.36. The summed E-state index contributed by atoms with van der Waals surface area (Å²) in [6.45, 7) is 5.04. The van der Waals surface area contributed by atoms with Gasteiger partial charge in [0, 0.05) is 6.42 Å². The van der Waals surface area contributed by atoms with Crippen molar-refractivity contribution >= 4 is 11.8 Å². The zero-order valence-electron chi connectivity index (χ0n) is 10.6. The Balaban J connectivity index is 2.03. The molecule has 0 N–H and O–H groups in total. The van der Waals surface area contributed by atoms with E-state index in [-0.39, 0.29) is 11.8 Å². The van der Waals surface area contributed by atoms with Crippen LogP contribution >= 0.6 is 0 Å². The highest BCUT2D eigenvalue weighted by Crippen LogP contribution is 2.42. The van der Waals surface area contributed by atoms with Gasteiger partial charge in [-0.05, 0) is 38.9 Å². The van der Waals surface area contributed by atoms with Gasteiger partial charge in [-0.1, -0.05) is 6.92 Å². The summed E-state index contributed by atoms with van der Waals surface area (Å²) in [5.74, 6) is -0.331. The normalized spacial score (nSPS) is 24.9. The van der Waals surface area contributed by atoms with Crippen molar-refractivity contribution in [1.29, 1.82) is 0 Å². The van der Waals surface area contributed by atoms with E-state index in [0.29, 0.717) is 6.42 Å². The Hall–Kier alpha value is -0.940. The van der Waals surface area contributed by atoms with E-state index < -0.39 is 5.41 Å². The van der Waals surface area contributed by atoms with Crippen LogP contribution in [0.4, 0.5) is 0 Å². The van der Waals surface area contributed by atoms with Crippen LogP contribution in [0.2, 0.25) is 0 Å². The Morgan fingerprint density at radius 3 is 2.41 bits per heavy atom. The lowest BCUT2D eigenvalue weighted by molar-refractivity contribution is -0.183. The van der Waals surface area contributed by atoms with E-state index >= 15 is 0 Å². The second kappa shape index (κ2) is 4.74. The molecular weight excluding hydrogens is 220 g/mol. The molecular formula is C12H20N2O3. The first-order valence-electron chi connectivity index (χ1n) is 6.27. The average molecular weight is 240 g/mol. The second-order valence-electron chi connectivity index (χ2n) is 4.97. The minimum atomic E-state index is -0.475. The summed E-state index contributed by atoms with van der Waals surface area (Å²) in [5.41, 5.74) is -0.475. The van der Waals surface area contributed by atoms with Gasteiger partial charge in [-0.25, -0.2) is 0 Å². The number of piperidine rings is 1. The summed E-state index contributed by atoms with van der Waals surface area (Å²) >= 11 is 0. The molecule has 0 aliphatic carbocycles. The molecule has 2 rings (SSSR count). The van der Waals surface area contributed by atoms with Gasteiger partial charge in [0.25, 0.3) is 11.8 Å². The molecule has 2 amide bonds. The van der Waals surface area contributed by atoms with Gasteiger partial charge in [-0.2, -0.15) is 5.06 Å². The van der Waals surface area contributed by atoms with Crippen LogP contribution in [0.5, 0.6) is 0 Å². The summed E-state index contributed by atoms with van der Waals surface area (Å²) in [6.07, 6.45) is 3.00. The van der Waals surface area contributed by atoms with Crippen LogP contribution in [0.25, 0.3) is 0 Å². The van der Waals surface area contributed by atoms with E-state index in [1.54, 1.807) is 0 Å². The predicted octanol–water partition coefficient (Wildman–Crippen LogP) is 0.799. The number of likely N-dealkylation sites (tertiary alicyclic amines) is 1. The molecule has 0 bridgehead atoms. The van der Waals surface area contributed by atoms with Crippen LogP contribution < -0.4 is 0 Å². The molecule has 0 aromatic carbocycles. The van der Waals surface area contributed by atoms with Crippen molar-refractivity contribution in [3.8, 4) is 0 Å². The van der Waals surface area contributed by atoms with Crippen molar-refractivity contribution in [3.05, 3.63) is 0 Å². The van der Waals surface area contributed by atoms with Gasteiger partial charge in [0.05, 0.1) is 12.5 Å². The van der Waals surface area contributed by atoms with E-state index in [9.17, 15) is 9.59 Å². The van der Waals surface area contributed by atoms with Gasteiger partial charge < -0.3 is 4.90 Å². The molecule has 5 heteroatoms. The summed E-state index contributed by atoms with van der Waals surface area (Å²) in [4.78, 5) is 31.0. The topological polar surface area (TPSA) is 49.9 Å². The van der Waals surface area contributed by atoms with Crippen LogP contribution in [0.3, 0.4) is 0 Å². The molecule has 0 radical (unpaired) electrons. The van der Waals surface area contributed by atoms with E-state index in [2.05, 4.69) is 11.8 Å². The zero-order chi connectivity index (χ0) is 12.5. The van der Waals surface area contributed by atoms with Crippen LogP contribution in [0, 0.1) is 5.41 Å². The smallest absolute Gasteiger partial charge is 0.260 e. The van der Waals surface area contributed by atoms with Gasteiger partial charge in [-0.3, -0.25) is 14.4 Å². The molecule has 2 aliphatic heterocycles. The third kappa shape index (κ3) is 2.09. The van der Waals surface area contributed by atoms with E-state index in [1.165, 1.54) is 7.11 Å². The highest BCUT2D eigenvalue weighted by molar-refractivity contribution is 6.04. The molecule has 0 aromatic heterocycles. The molecule has 96 valence electrons. The quantitative estimate of drug-likeness (QED) is 0.685. The van der Waals surface area contributed by atoms with Crippen molar-refractivity contribution in [2.24, 2.45) is 5.41 Å². The van der Waals surface area contributed by atoms with Crippen molar-refractivity contribution in [1.82, 2.24) is 9.96 Å². The highest BCUT2D eigenvalue weighted by Gasteiger charge is 2.53. The van der Waals surface area contributed by atoms with E-state index in [1.807, 2.05) is 0 Å². The minimum Gasteiger partial charge on any atom is -0.303 e. The van der Waals surface area contributed by atoms with Gasteiger partial charge in [0.1, 0.15) is 0 Å². The molecule has 5 nitrogen and oxygen atoms in total. The summed E-state index contributed by atoms with van der Waals surface area (Å²) in [7, 11) is 1.38. The monoisotopic (exact) mass is 240 g/mol. The van der Waals surface area contributed by atoms with Crippen LogP contribution in [-0.2, 0) is 14.4 Å². The number of hydrogen-bond donors (Lipinski definition) is 0. The zero-order valence-corrected chi connectivity index (χ0v) is 10.6. The lowest BCUT2D eigenvalue weighted by Crippen LogP contribution is -2.44. The molecule has 1 spiro atoms. The third-order valence-corrected chi connectivity index (χ3v) is 3.89. The van der Waals surface area contributed by atoms with Gasteiger partial charge in [0.2, 0.25) is 0 Å². The van der Waals surface area contributed by atoms with E-state index in [4.69, 9.17) is 4.84 Å². The number of hydroxylamine groups is 2. The molecule has 0 atom stereocenters. The summed E-state index contributed by atoms with van der Waals surface area (Å²) in [5, 5.41) is 0.940. The maximum Gasteiger partial charge on any atom is 0.260 e. The van der Waals surface area contributed by atoms with Crippen molar-refractivity contribution in [2.75, 3.05) is 26.7 Å². The molecule has 2 saturated heterocycles. The molecule has 2 fully saturated rings. The number of nitrogens with zero attached hydrogens (tertiary/aromatic N) is 2. The number of carbonyl (C=O) groups is 2. The molecule has 0 unspecified atom stereocenters. The SMILES string of the molecule is CCCN1CCC2(CC1)CC(=O)N(OC)C2=O. The average Bonchev–Trinajstić information content (AvgIpc) is 2.55. The fourth-order valence-corrected chi connectivity index (χ4v) is 2.86. The maximum atomic E-state index is 12.1. The van der Waals surface area contributed by atoms with Crippen LogP contribution in [0.15, 0.2) is 0 Å². The lowest BCUT2D eigenvalue weighted by atomic mass is 9.77. The fraction of sp³-hybridized carbons (Fsp3) is 0.833. The Morgan fingerprint density at radius 1 is 1.29 bits per heavy atom. The number of amides is 2. The number of rotatable bonds is 3. The molecule has 0 saturated carbocycles. The number of hydrogen-bond acceptors (Lipinski definition) is 4. The second-order valence-corrected chi connectivity index (χ2v) is 4.97. The van der Waals surface area contributed by atoms with Gasteiger partial charge >= 0.3 is 0 Å². The third-order valence-electron chi connectivity index (χ3n) is 3.89. The van der Waals surface area contributed by atoms with Crippen LogP contribution in [0.1, 0.15) is 32.6 Å². The molecule has 2 aliphatic rings. The van der Waals surface area contributed by atoms with Crippen molar-refractivity contribution < 1.29 is 14.4 Å². The number of carbonyl (C=O) groups excluding carboxylic acids is 2. The summed E-state index contributed by atoms with van der Waals surface area (Å²) < 4.78 is 0. The highest BCUT2D eigenvalue weighted by atomic mass is 16.7. The van der Waals surface area contributed by atoms with Crippen molar-refractivity contribution in [2.45, 2.75) is 32.6 Å². The molecule has 17 heavy (non-hydrogen) atoms. The Bertz CT molecular complexity index is 322. The largest absolute Gasteiger partial charge is 0.303 e. The summed E-state index contributed by atoms with van der Waals surface area (Å²) in [6, 6.07) is 0. The first-order valence-corrected chi connectivity index (χ1v) is 6.27. The Kier molecular flexibility index (Phi) is 3.49. The Morgan fingerprint density at radius 2 is 1.94 bits per heavy atom. The fourth-order valence-electron chi connectivity index (χ4n) is 2.86. The Labute approximate surface area is 102 Å². The van der Waals surface area contributed by atoms with Crippen LogP contribution in [-0.4, -0.2) is 48.5 Å². The van der Waals surface area contributed by atoms with Crippen molar-refractivity contribution in [3.63, 3.8) is 0 Å². The maximum absolute atomic E-state index is 12.1. The first kappa shape index (κ1) is 12.5. The van der Waals surface area contributed by atoms with Gasteiger partial charge in [-0.15, -0.1) is 0 Å². The molecule has 2 heterocycles. The number of imide groups is 1. The van der Waals surface area contributed by atoms with E-state index in [0.717, 1.165) is 44.0 Å².